The lowest BCUT2D eigenvalue weighted by molar-refractivity contribution is -0.129. The lowest BCUT2D eigenvalue weighted by Gasteiger charge is -2.48. The molecule has 0 spiro atoms. The summed E-state index contributed by atoms with van der Waals surface area (Å²) in [6, 6.07) is 20.7. The van der Waals surface area contributed by atoms with Crippen LogP contribution in [-0.2, 0) is 4.79 Å². The molecule has 1 aliphatic heterocycles. The summed E-state index contributed by atoms with van der Waals surface area (Å²) in [5.74, 6) is 0.760. The molecule has 3 atom stereocenters. The van der Waals surface area contributed by atoms with Crippen LogP contribution in [0.3, 0.4) is 0 Å². The van der Waals surface area contributed by atoms with Crippen LogP contribution < -0.4 is 4.90 Å². The van der Waals surface area contributed by atoms with Gasteiger partial charge in [-0.3, -0.25) is 4.79 Å². The first-order chi connectivity index (χ1) is 17.2. The van der Waals surface area contributed by atoms with Crippen molar-refractivity contribution < 1.29 is 4.79 Å². The first-order valence-electron chi connectivity index (χ1n) is 13.3. The first kappa shape index (κ1) is 38.3. The van der Waals surface area contributed by atoms with Crippen molar-refractivity contribution in [2.45, 2.75) is 94.5 Å². The van der Waals surface area contributed by atoms with Crippen LogP contribution in [0.2, 0.25) is 0 Å². The predicted molar refractivity (Wildman–Crippen MR) is 170 cm³/mol. The standard InChI is InChI=1S/C25H29NO.3C2H6.CH4S.CH4/c1-4-12-20(5-2)24-23(18-17-19(3)21-13-8-6-9-14-21)25(27)26(24)22-15-10-7-11-16-22;4*1-2;/h4-16,19,23-24H,17-18H2,1-3H3;3*1-2H3;2H,1H3;1H4/b12-4-,20-5+;;;;;. The van der Waals surface area contributed by atoms with Gasteiger partial charge in [-0.2, -0.15) is 12.6 Å². The van der Waals surface area contributed by atoms with Crippen LogP contribution in [0.25, 0.3) is 0 Å². The summed E-state index contributed by atoms with van der Waals surface area (Å²) in [6.45, 7) is 18.3. The molecule has 1 saturated heterocycles. The molecule has 2 aromatic carbocycles. The topological polar surface area (TPSA) is 20.3 Å². The number of benzene rings is 2. The highest BCUT2D eigenvalue weighted by Crippen LogP contribution is 2.40. The van der Waals surface area contributed by atoms with Crippen LogP contribution >= 0.6 is 12.6 Å². The Morgan fingerprint density at radius 3 is 1.81 bits per heavy atom. The molecule has 2 aromatic rings. The molecule has 0 radical (unpaired) electrons. The van der Waals surface area contributed by atoms with Crippen LogP contribution in [0.5, 0.6) is 0 Å². The van der Waals surface area contributed by atoms with E-state index in [1.165, 1.54) is 11.1 Å². The fourth-order valence-electron chi connectivity index (χ4n) is 4.02. The van der Waals surface area contributed by atoms with Crippen LogP contribution in [0.15, 0.2) is 84.5 Å². The summed E-state index contributed by atoms with van der Waals surface area (Å²) in [7, 11) is 0. The molecule has 3 rings (SSSR count). The summed E-state index contributed by atoms with van der Waals surface area (Å²) in [4.78, 5) is 15.0. The Labute approximate surface area is 230 Å². The number of para-hydroxylation sites is 1. The molecule has 2 nitrogen and oxygen atoms in total. The van der Waals surface area contributed by atoms with Crippen molar-refractivity contribution in [3.63, 3.8) is 0 Å². The second-order valence-corrected chi connectivity index (χ2v) is 7.27. The average molecular weight is 514 g/mol. The zero-order valence-electron chi connectivity index (χ0n) is 24.0. The fourth-order valence-corrected chi connectivity index (χ4v) is 4.02. The van der Waals surface area contributed by atoms with Gasteiger partial charge in [0.15, 0.2) is 0 Å². The van der Waals surface area contributed by atoms with Crippen molar-refractivity contribution in [2.75, 3.05) is 11.2 Å². The van der Waals surface area contributed by atoms with E-state index in [1.54, 1.807) is 6.26 Å². The van der Waals surface area contributed by atoms with E-state index in [-0.39, 0.29) is 25.3 Å². The van der Waals surface area contributed by atoms with Gasteiger partial charge in [0.2, 0.25) is 5.91 Å². The SMILES string of the molecule is C.C/C=C\C(=C/C)C1C(CCC(C)c2ccccc2)C(=O)N1c1ccccc1.CC.CC.CC.CS. The molecule has 1 amide bonds. The molecule has 1 heterocycles. The van der Waals surface area contributed by atoms with Crippen LogP contribution in [0.4, 0.5) is 5.69 Å². The van der Waals surface area contributed by atoms with Gasteiger partial charge in [0.05, 0.1) is 12.0 Å². The van der Waals surface area contributed by atoms with Gasteiger partial charge in [0.1, 0.15) is 0 Å². The van der Waals surface area contributed by atoms with Crippen molar-refractivity contribution in [2.24, 2.45) is 5.92 Å². The summed E-state index contributed by atoms with van der Waals surface area (Å²) in [5.41, 5.74) is 3.56. The maximum absolute atomic E-state index is 13.0. The van der Waals surface area contributed by atoms with Gasteiger partial charge in [-0.15, -0.1) is 0 Å². The molecule has 0 aromatic heterocycles. The molecule has 0 bridgehead atoms. The number of hydrogen-bond donors (Lipinski definition) is 1. The monoisotopic (exact) mass is 513 g/mol. The van der Waals surface area contributed by atoms with E-state index in [1.807, 2.05) is 83.7 Å². The van der Waals surface area contributed by atoms with Crippen molar-refractivity contribution in [1.82, 2.24) is 0 Å². The number of anilines is 1. The molecule has 204 valence electrons. The second-order valence-electron chi connectivity index (χ2n) is 7.27. The first-order valence-corrected chi connectivity index (χ1v) is 14.2. The summed E-state index contributed by atoms with van der Waals surface area (Å²) in [5, 5.41) is 0. The van der Waals surface area contributed by atoms with Crippen molar-refractivity contribution in [1.29, 1.82) is 0 Å². The molecule has 3 unspecified atom stereocenters. The quantitative estimate of drug-likeness (QED) is 0.222. The van der Waals surface area contributed by atoms with Gasteiger partial charge in [-0.05, 0) is 62.1 Å². The van der Waals surface area contributed by atoms with E-state index in [9.17, 15) is 4.79 Å². The molecule has 1 fully saturated rings. The van der Waals surface area contributed by atoms with E-state index < -0.39 is 0 Å². The number of carbonyl (C=O) groups is 1. The van der Waals surface area contributed by atoms with Crippen molar-refractivity contribution in [3.05, 3.63) is 90.0 Å². The minimum Gasteiger partial charge on any atom is -0.304 e. The minimum atomic E-state index is 0. The predicted octanol–water partition coefficient (Wildman–Crippen LogP) is 10.4. The van der Waals surface area contributed by atoms with Gasteiger partial charge in [-0.1, -0.05) is 123 Å². The van der Waals surface area contributed by atoms with Crippen molar-refractivity contribution in [3.8, 4) is 0 Å². The third-order valence-electron chi connectivity index (χ3n) is 5.56. The third kappa shape index (κ3) is 11.2. The number of rotatable bonds is 7. The second kappa shape index (κ2) is 24.4. The lowest BCUT2D eigenvalue weighted by Crippen LogP contribution is -2.62. The smallest absolute Gasteiger partial charge is 0.233 e. The number of hydrogen-bond acceptors (Lipinski definition) is 2. The summed E-state index contributed by atoms with van der Waals surface area (Å²) in [6.07, 6.45) is 9.97. The molecule has 36 heavy (non-hydrogen) atoms. The Bertz CT molecular complexity index is 814. The Morgan fingerprint density at radius 1 is 0.889 bits per heavy atom. The largest absolute Gasteiger partial charge is 0.304 e. The van der Waals surface area contributed by atoms with Gasteiger partial charge in [-0.25, -0.2) is 0 Å². The zero-order chi connectivity index (χ0) is 27.2. The van der Waals surface area contributed by atoms with Gasteiger partial charge in [0.25, 0.3) is 0 Å². The average Bonchev–Trinajstić information content (AvgIpc) is 2.96. The number of carbonyl (C=O) groups excluding carboxylic acids is 1. The number of allylic oxidation sites excluding steroid dienone is 2. The molecular formula is C33H55NOS. The Hall–Kier alpha value is -2.26. The Balaban J connectivity index is -0.00000110. The summed E-state index contributed by atoms with van der Waals surface area (Å²) < 4.78 is 0. The minimum absolute atomic E-state index is 0. The van der Waals surface area contributed by atoms with E-state index in [2.05, 4.69) is 75.0 Å². The normalized spacial score (nSPS) is 16.7. The van der Waals surface area contributed by atoms with E-state index in [0.717, 1.165) is 18.5 Å². The molecule has 1 aliphatic rings. The van der Waals surface area contributed by atoms with Gasteiger partial charge < -0.3 is 4.90 Å². The molecule has 0 N–H and O–H groups in total. The van der Waals surface area contributed by atoms with E-state index >= 15 is 0 Å². The zero-order valence-corrected chi connectivity index (χ0v) is 24.8. The maximum atomic E-state index is 13.0. The number of nitrogens with zero attached hydrogens (tertiary/aromatic N) is 1. The van der Waals surface area contributed by atoms with Crippen LogP contribution in [0.1, 0.15) is 94.1 Å². The van der Waals surface area contributed by atoms with Gasteiger partial charge >= 0.3 is 0 Å². The number of thiol groups is 1. The highest BCUT2D eigenvalue weighted by atomic mass is 32.1. The number of amides is 1. The third-order valence-corrected chi connectivity index (χ3v) is 5.56. The van der Waals surface area contributed by atoms with Gasteiger partial charge in [0, 0.05) is 5.69 Å². The Morgan fingerprint density at radius 2 is 1.36 bits per heavy atom. The van der Waals surface area contributed by atoms with Crippen molar-refractivity contribution >= 4 is 24.2 Å². The lowest BCUT2D eigenvalue weighted by atomic mass is 9.77. The molecule has 0 saturated carbocycles. The van der Waals surface area contributed by atoms with Crippen LogP contribution in [-0.4, -0.2) is 18.2 Å². The van der Waals surface area contributed by atoms with E-state index in [0.29, 0.717) is 5.92 Å². The highest BCUT2D eigenvalue weighted by molar-refractivity contribution is 7.79. The fraction of sp³-hybridized carbons (Fsp3) is 0.485. The maximum Gasteiger partial charge on any atom is 0.233 e. The number of β-lactam (4-membered cyclic amide) rings is 1. The Kier molecular flexibility index (Phi) is 26.0. The molecule has 3 heteroatoms. The molecule has 0 aliphatic carbocycles. The van der Waals surface area contributed by atoms with E-state index in [4.69, 9.17) is 0 Å². The summed E-state index contributed by atoms with van der Waals surface area (Å²) >= 11 is 3.53. The highest BCUT2D eigenvalue weighted by Gasteiger charge is 2.48. The van der Waals surface area contributed by atoms with Crippen LogP contribution in [0, 0.1) is 5.92 Å². The molecular weight excluding hydrogens is 458 g/mol.